The van der Waals surface area contributed by atoms with Gasteiger partial charge in [0.1, 0.15) is 0 Å². The standard InChI is InChI=1S/C10H17ClN2O3/c1-6(2)8(9(14)15)5-13-10(16)12-4-7(3)11/h6,8H,3-5H2,1-2H3,(H,14,15)(H2,12,13,16). The van der Waals surface area contributed by atoms with Crippen LogP contribution < -0.4 is 10.6 Å². The molecule has 0 rings (SSSR count). The van der Waals surface area contributed by atoms with Gasteiger partial charge in [-0.15, -0.1) is 0 Å². The van der Waals surface area contributed by atoms with E-state index >= 15 is 0 Å². The first kappa shape index (κ1) is 14.8. The second-order valence-corrected chi connectivity index (χ2v) is 4.30. The van der Waals surface area contributed by atoms with Crippen molar-refractivity contribution < 1.29 is 14.7 Å². The summed E-state index contributed by atoms with van der Waals surface area (Å²) in [5, 5.41) is 14.1. The first-order chi connectivity index (χ1) is 7.34. The predicted molar refractivity (Wildman–Crippen MR) is 62.4 cm³/mol. The fourth-order valence-corrected chi connectivity index (χ4v) is 1.12. The SMILES string of the molecule is C=C(Cl)CNC(=O)NCC(C(=O)O)C(C)C. The number of carboxylic acid groups (broad SMARTS) is 1. The van der Waals surface area contributed by atoms with Gasteiger partial charge in [-0.3, -0.25) is 4.79 Å². The summed E-state index contributed by atoms with van der Waals surface area (Å²) in [6, 6.07) is -0.450. The molecular weight excluding hydrogens is 232 g/mol. The van der Waals surface area contributed by atoms with Crippen molar-refractivity contribution in [1.82, 2.24) is 10.6 Å². The molecule has 0 aromatic rings. The van der Waals surface area contributed by atoms with Crippen LogP contribution in [0.3, 0.4) is 0 Å². The van der Waals surface area contributed by atoms with Crippen LogP contribution in [0, 0.1) is 11.8 Å². The van der Waals surface area contributed by atoms with Crippen molar-refractivity contribution in [1.29, 1.82) is 0 Å². The lowest BCUT2D eigenvalue weighted by atomic mass is 9.96. The Labute approximate surface area is 99.9 Å². The van der Waals surface area contributed by atoms with Crippen LogP contribution in [0.25, 0.3) is 0 Å². The van der Waals surface area contributed by atoms with Crippen molar-refractivity contribution in [2.45, 2.75) is 13.8 Å². The van der Waals surface area contributed by atoms with Gasteiger partial charge < -0.3 is 15.7 Å². The average Bonchev–Trinajstić information content (AvgIpc) is 2.13. The first-order valence-electron chi connectivity index (χ1n) is 4.92. The van der Waals surface area contributed by atoms with Crippen molar-refractivity contribution in [3.63, 3.8) is 0 Å². The summed E-state index contributed by atoms with van der Waals surface area (Å²) >= 11 is 5.45. The highest BCUT2D eigenvalue weighted by Gasteiger charge is 2.21. The number of hydrogen-bond acceptors (Lipinski definition) is 2. The summed E-state index contributed by atoms with van der Waals surface area (Å²) in [5.41, 5.74) is 0. The van der Waals surface area contributed by atoms with Gasteiger partial charge in [-0.25, -0.2) is 4.79 Å². The number of halogens is 1. The summed E-state index contributed by atoms with van der Waals surface area (Å²) in [6.07, 6.45) is 0. The topological polar surface area (TPSA) is 78.4 Å². The Bertz CT molecular complexity index is 279. The first-order valence-corrected chi connectivity index (χ1v) is 5.30. The average molecular weight is 249 g/mol. The summed E-state index contributed by atoms with van der Waals surface area (Å²) in [6.45, 7) is 7.24. The van der Waals surface area contributed by atoms with Gasteiger partial charge in [0.25, 0.3) is 0 Å². The predicted octanol–water partition coefficient (Wildman–Crippen LogP) is 1.39. The summed E-state index contributed by atoms with van der Waals surface area (Å²) in [5.74, 6) is -1.55. The van der Waals surface area contributed by atoms with E-state index in [1.165, 1.54) is 0 Å². The number of carbonyl (C=O) groups excluding carboxylic acids is 1. The monoisotopic (exact) mass is 248 g/mol. The van der Waals surface area contributed by atoms with E-state index in [-0.39, 0.29) is 19.0 Å². The van der Waals surface area contributed by atoms with E-state index in [0.717, 1.165) is 0 Å². The third-order valence-electron chi connectivity index (χ3n) is 2.05. The van der Waals surface area contributed by atoms with Crippen LogP contribution in [0.15, 0.2) is 11.6 Å². The Morgan fingerprint density at radius 2 is 1.94 bits per heavy atom. The van der Waals surface area contributed by atoms with Gasteiger partial charge >= 0.3 is 12.0 Å². The maximum Gasteiger partial charge on any atom is 0.315 e. The molecule has 0 radical (unpaired) electrons. The van der Waals surface area contributed by atoms with Crippen LogP contribution in [-0.2, 0) is 4.79 Å². The van der Waals surface area contributed by atoms with E-state index < -0.39 is 17.9 Å². The number of hydrogen-bond donors (Lipinski definition) is 3. The summed E-state index contributed by atoms with van der Waals surface area (Å²) < 4.78 is 0. The van der Waals surface area contributed by atoms with Crippen molar-refractivity contribution in [3.8, 4) is 0 Å². The molecule has 0 aliphatic rings. The van der Waals surface area contributed by atoms with E-state index in [1.807, 2.05) is 0 Å². The number of aliphatic carboxylic acids is 1. The molecule has 0 heterocycles. The molecule has 2 amide bonds. The second-order valence-electron chi connectivity index (χ2n) is 3.77. The molecule has 0 spiro atoms. The lowest BCUT2D eigenvalue weighted by Gasteiger charge is -2.16. The van der Waals surface area contributed by atoms with E-state index in [0.29, 0.717) is 5.03 Å². The van der Waals surface area contributed by atoms with Crippen LogP contribution in [0.4, 0.5) is 4.79 Å². The molecule has 1 unspecified atom stereocenters. The Balaban J connectivity index is 3.97. The van der Waals surface area contributed by atoms with E-state index in [9.17, 15) is 9.59 Å². The van der Waals surface area contributed by atoms with Gasteiger partial charge in [0.15, 0.2) is 0 Å². The van der Waals surface area contributed by atoms with Gasteiger partial charge in [0.05, 0.1) is 12.5 Å². The zero-order valence-corrected chi connectivity index (χ0v) is 10.2. The fourth-order valence-electron chi connectivity index (χ4n) is 1.05. The molecule has 3 N–H and O–H groups in total. The summed E-state index contributed by atoms with van der Waals surface area (Å²) in [7, 11) is 0. The molecule has 16 heavy (non-hydrogen) atoms. The van der Waals surface area contributed by atoms with Gasteiger partial charge in [0, 0.05) is 11.6 Å². The molecule has 0 bridgehead atoms. The van der Waals surface area contributed by atoms with Crippen LogP contribution >= 0.6 is 11.6 Å². The fraction of sp³-hybridized carbons (Fsp3) is 0.600. The molecule has 0 saturated heterocycles. The molecular formula is C10H17ClN2O3. The number of carboxylic acids is 1. The van der Waals surface area contributed by atoms with Crippen LogP contribution in [0.2, 0.25) is 0 Å². The minimum atomic E-state index is -0.919. The Hall–Kier alpha value is -1.23. The highest BCUT2D eigenvalue weighted by molar-refractivity contribution is 6.29. The highest BCUT2D eigenvalue weighted by atomic mass is 35.5. The molecule has 0 saturated carbocycles. The maximum absolute atomic E-state index is 11.2. The van der Waals surface area contributed by atoms with Gasteiger partial charge in [-0.1, -0.05) is 32.0 Å². The van der Waals surface area contributed by atoms with Crippen molar-refractivity contribution >= 4 is 23.6 Å². The largest absolute Gasteiger partial charge is 0.481 e. The zero-order chi connectivity index (χ0) is 12.7. The van der Waals surface area contributed by atoms with E-state index in [1.54, 1.807) is 13.8 Å². The third kappa shape index (κ3) is 6.29. The van der Waals surface area contributed by atoms with Crippen LogP contribution in [-0.4, -0.2) is 30.2 Å². The number of carbonyl (C=O) groups is 2. The number of amides is 2. The zero-order valence-electron chi connectivity index (χ0n) is 9.42. The molecule has 5 nitrogen and oxygen atoms in total. The molecule has 0 aliphatic heterocycles. The van der Waals surface area contributed by atoms with Gasteiger partial charge in [-0.2, -0.15) is 0 Å². The number of urea groups is 1. The lowest BCUT2D eigenvalue weighted by molar-refractivity contribution is -0.142. The van der Waals surface area contributed by atoms with Crippen LogP contribution in [0.1, 0.15) is 13.8 Å². The molecule has 0 aromatic heterocycles. The quantitative estimate of drug-likeness (QED) is 0.665. The van der Waals surface area contributed by atoms with Gasteiger partial charge in [0.2, 0.25) is 0 Å². The number of nitrogens with one attached hydrogen (secondary N) is 2. The third-order valence-corrected chi connectivity index (χ3v) is 2.18. The minimum Gasteiger partial charge on any atom is -0.481 e. The smallest absolute Gasteiger partial charge is 0.315 e. The van der Waals surface area contributed by atoms with Crippen molar-refractivity contribution in [2.24, 2.45) is 11.8 Å². The molecule has 92 valence electrons. The summed E-state index contributed by atoms with van der Waals surface area (Å²) in [4.78, 5) is 22.0. The van der Waals surface area contributed by atoms with Crippen LogP contribution in [0.5, 0.6) is 0 Å². The number of rotatable bonds is 6. The molecule has 1 atom stereocenters. The minimum absolute atomic E-state index is 0.0409. The van der Waals surface area contributed by atoms with Crippen molar-refractivity contribution in [3.05, 3.63) is 11.6 Å². The molecule has 6 heteroatoms. The molecule has 0 fully saturated rings. The van der Waals surface area contributed by atoms with Crippen molar-refractivity contribution in [2.75, 3.05) is 13.1 Å². The second kappa shape index (κ2) is 7.11. The van der Waals surface area contributed by atoms with E-state index in [4.69, 9.17) is 16.7 Å². The Morgan fingerprint density at radius 3 is 2.31 bits per heavy atom. The molecule has 0 aromatic carbocycles. The Kier molecular flexibility index (Phi) is 6.56. The normalized spacial score (nSPS) is 12.0. The Morgan fingerprint density at radius 1 is 1.38 bits per heavy atom. The van der Waals surface area contributed by atoms with Gasteiger partial charge in [-0.05, 0) is 5.92 Å². The lowest BCUT2D eigenvalue weighted by Crippen LogP contribution is -2.41. The maximum atomic E-state index is 11.2. The molecule has 0 aliphatic carbocycles. The van der Waals surface area contributed by atoms with E-state index in [2.05, 4.69) is 17.2 Å². The highest BCUT2D eigenvalue weighted by Crippen LogP contribution is 2.09.